The van der Waals surface area contributed by atoms with Crippen molar-refractivity contribution in [3.63, 3.8) is 0 Å². The first kappa shape index (κ1) is 32.3. The Kier molecular flexibility index (Phi) is 11.2. The van der Waals surface area contributed by atoms with Gasteiger partial charge in [-0.3, -0.25) is 9.69 Å². The Hall–Kier alpha value is -4.63. The maximum atomic E-state index is 12.9. The van der Waals surface area contributed by atoms with Gasteiger partial charge in [0.05, 0.1) is 11.1 Å². The minimum Gasteiger partial charge on any atom is -0.489 e. The standard InChI is InChI=1S/C35H34F3NO5/c36-35(37,38)31-18-16-28(17-19-31)27-12-10-26(11-13-27)24-44-32-6-2-1-5-29(32)20-22-39(21-4-3-7-33(40)41)23-25-8-14-30(15-9-25)34(42)43/h1-2,5-6,8-19H,3-4,7,20-24H2,(H,40,41)(H,42,43). The summed E-state index contributed by atoms with van der Waals surface area (Å²) in [5.41, 5.74) is 3.95. The SMILES string of the molecule is O=C(O)CCCCN(CCc1ccccc1OCc1ccc(-c2ccc(C(F)(F)F)cc2)cc1)Cc1ccc(C(=O)O)cc1. The molecule has 0 amide bonds. The van der Waals surface area contributed by atoms with E-state index in [2.05, 4.69) is 4.90 Å². The lowest BCUT2D eigenvalue weighted by Crippen LogP contribution is -2.27. The van der Waals surface area contributed by atoms with E-state index in [1.165, 1.54) is 12.1 Å². The van der Waals surface area contributed by atoms with Gasteiger partial charge in [-0.05, 0) is 84.0 Å². The molecule has 0 spiro atoms. The van der Waals surface area contributed by atoms with Crippen LogP contribution in [0, 0.1) is 0 Å². The van der Waals surface area contributed by atoms with Gasteiger partial charge in [0.25, 0.3) is 0 Å². The first-order chi connectivity index (χ1) is 21.1. The average Bonchev–Trinajstić information content (AvgIpc) is 3.01. The number of aromatic carboxylic acids is 1. The summed E-state index contributed by atoms with van der Waals surface area (Å²) >= 11 is 0. The molecule has 0 heterocycles. The molecule has 44 heavy (non-hydrogen) atoms. The largest absolute Gasteiger partial charge is 0.489 e. The second-order valence-electron chi connectivity index (χ2n) is 10.5. The summed E-state index contributed by atoms with van der Waals surface area (Å²) in [5, 5.41) is 18.2. The lowest BCUT2D eigenvalue weighted by atomic mass is 10.0. The van der Waals surface area contributed by atoms with Crippen molar-refractivity contribution in [2.24, 2.45) is 0 Å². The average molecular weight is 606 g/mol. The third kappa shape index (κ3) is 9.70. The first-order valence-electron chi connectivity index (χ1n) is 14.3. The second kappa shape index (κ2) is 15.2. The maximum Gasteiger partial charge on any atom is 0.416 e. The minimum absolute atomic E-state index is 0.114. The van der Waals surface area contributed by atoms with Gasteiger partial charge in [0.1, 0.15) is 12.4 Å². The molecule has 0 aliphatic carbocycles. The number of hydrogen-bond donors (Lipinski definition) is 2. The molecule has 0 aromatic heterocycles. The zero-order valence-electron chi connectivity index (χ0n) is 24.1. The number of aliphatic carboxylic acids is 1. The van der Waals surface area contributed by atoms with E-state index in [0.29, 0.717) is 44.6 Å². The van der Waals surface area contributed by atoms with Gasteiger partial charge < -0.3 is 14.9 Å². The van der Waals surface area contributed by atoms with E-state index in [1.54, 1.807) is 24.3 Å². The van der Waals surface area contributed by atoms with E-state index >= 15 is 0 Å². The van der Waals surface area contributed by atoms with Crippen LogP contribution in [0.15, 0.2) is 97.1 Å². The van der Waals surface area contributed by atoms with E-state index < -0.39 is 23.7 Å². The second-order valence-corrected chi connectivity index (χ2v) is 10.5. The maximum absolute atomic E-state index is 12.9. The third-order valence-electron chi connectivity index (χ3n) is 7.29. The van der Waals surface area contributed by atoms with E-state index in [1.807, 2.05) is 48.5 Å². The van der Waals surface area contributed by atoms with Gasteiger partial charge in [0, 0.05) is 19.5 Å². The molecule has 0 radical (unpaired) electrons. The fourth-order valence-corrected chi connectivity index (χ4v) is 4.83. The van der Waals surface area contributed by atoms with Crippen LogP contribution in [0.4, 0.5) is 13.2 Å². The number of hydrogen-bond acceptors (Lipinski definition) is 4. The number of rotatable bonds is 15. The van der Waals surface area contributed by atoms with Crippen molar-refractivity contribution in [1.29, 1.82) is 0 Å². The van der Waals surface area contributed by atoms with E-state index in [4.69, 9.17) is 9.84 Å². The summed E-state index contributed by atoms with van der Waals surface area (Å²) in [4.78, 5) is 24.4. The number of alkyl halides is 3. The summed E-state index contributed by atoms with van der Waals surface area (Å²) in [7, 11) is 0. The van der Waals surface area contributed by atoms with Crippen molar-refractivity contribution in [1.82, 2.24) is 4.90 Å². The molecule has 6 nitrogen and oxygen atoms in total. The molecule has 0 atom stereocenters. The first-order valence-corrected chi connectivity index (χ1v) is 14.3. The number of carbonyl (C=O) groups is 2. The van der Waals surface area contributed by atoms with Crippen molar-refractivity contribution in [2.45, 2.75) is 45.0 Å². The van der Waals surface area contributed by atoms with E-state index in [0.717, 1.165) is 46.6 Å². The van der Waals surface area contributed by atoms with Crippen molar-refractivity contribution in [3.8, 4) is 16.9 Å². The van der Waals surface area contributed by atoms with Gasteiger partial charge in [0.15, 0.2) is 0 Å². The van der Waals surface area contributed by atoms with Crippen LogP contribution in [0.1, 0.15) is 51.9 Å². The Labute approximate surface area is 254 Å². The van der Waals surface area contributed by atoms with Crippen molar-refractivity contribution >= 4 is 11.9 Å². The molecule has 0 aliphatic rings. The molecule has 0 saturated heterocycles. The number of benzene rings is 4. The van der Waals surface area contributed by atoms with Crippen molar-refractivity contribution in [2.75, 3.05) is 13.1 Å². The van der Waals surface area contributed by atoms with Gasteiger partial charge >= 0.3 is 18.1 Å². The van der Waals surface area contributed by atoms with Crippen LogP contribution in [-0.4, -0.2) is 40.1 Å². The summed E-state index contributed by atoms with van der Waals surface area (Å²) < 4.78 is 44.8. The van der Waals surface area contributed by atoms with Gasteiger partial charge in [-0.1, -0.05) is 66.7 Å². The van der Waals surface area contributed by atoms with Gasteiger partial charge in [-0.25, -0.2) is 4.79 Å². The number of nitrogens with zero attached hydrogens (tertiary/aromatic N) is 1. The van der Waals surface area contributed by atoms with Crippen LogP contribution < -0.4 is 4.74 Å². The van der Waals surface area contributed by atoms with Crippen molar-refractivity contribution < 1.29 is 37.7 Å². The lowest BCUT2D eigenvalue weighted by molar-refractivity contribution is -0.138. The Balaban J connectivity index is 1.37. The molecule has 0 fully saturated rings. The highest BCUT2D eigenvalue weighted by Crippen LogP contribution is 2.31. The molecule has 0 saturated carbocycles. The number of ether oxygens (including phenoxy) is 1. The van der Waals surface area contributed by atoms with Crippen LogP contribution in [0.5, 0.6) is 5.75 Å². The fraction of sp³-hybridized carbons (Fsp3) is 0.257. The summed E-state index contributed by atoms with van der Waals surface area (Å²) in [6.07, 6.45) is -2.27. The predicted molar refractivity (Wildman–Crippen MR) is 162 cm³/mol. The van der Waals surface area contributed by atoms with Crippen LogP contribution in [-0.2, 0) is 30.5 Å². The Bertz CT molecular complexity index is 1520. The summed E-state index contributed by atoms with van der Waals surface area (Å²) in [6.45, 7) is 2.30. The predicted octanol–water partition coefficient (Wildman–Crippen LogP) is 7.95. The smallest absolute Gasteiger partial charge is 0.416 e. The molecule has 9 heteroatoms. The third-order valence-corrected chi connectivity index (χ3v) is 7.29. The highest BCUT2D eigenvalue weighted by molar-refractivity contribution is 5.87. The van der Waals surface area contributed by atoms with Gasteiger partial charge in [-0.2, -0.15) is 13.2 Å². The van der Waals surface area contributed by atoms with Gasteiger partial charge in [0.2, 0.25) is 0 Å². The molecule has 4 rings (SSSR count). The molecule has 230 valence electrons. The molecule has 0 aliphatic heterocycles. The zero-order chi connectivity index (χ0) is 31.5. The quantitative estimate of drug-likeness (QED) is 0.134. The molecule has 2 N–H and O–H groups in total. The Morgan fingerprint density at radius 2 is 1.34 bits per heavy atom. The minimum atomic E-state index is -4.37. The normalized spacial score (nSPS) is 11.5. The Morgan fingerprint density at radius 1 is 0.727 bits per heavy atom. The van der Waals surface area contributed by atoms with E-state index in [-0.39, 0.29) is 12.0 Å². The van der Waals surface area contributed by atoms with Crippen LogP contribution >= 0.6 is 0 Å². The van der Waals surface area contributed by atoms with Crippen LogP contribution in [0.2, 0.25) is 0 Å². The molecular formula is C35H34F3NO5. The lowest BCUT2D eigenvalue weighted by Gasteiger charge is -2.23. The molecule has 4 aromatic rings. The molecule has 4 aromatic carbocycles. The van der Waals surface area contributed by atoms with E-state index in [9.17, 15) is 27.9 Å². The highest BCUT2D eigenvalue weighted by atomic mass is 19.4. The molecular weight excluding hydrogens is 571 g/mol. The topological polar surface area (TPSA) is 87.1 Å². The fourth-order valence-electron chi connectivity index (χ4n) is 4.83. The number of para-hydroxylation sites is 1. The van der Waals surface area contributed by atoms with Gasteiger partial charge in [-0.15, -0.1) is 0 Å². The van der Waals surface area contributed by atoms with Crippen LogP contribution in [0.25, 0.3) is 11.1 Å². The highest BCUT2D eigenvalue weighted by Gasteiger charge is 2.30. The summed E-state index contributed by atoms with van der Waals surface area (Å²) in [5.74, 6) is -1.05. The monoisotopic (exact) mass is 605 g/mol. The number of unbranched alkanes of at least 4 members (excludes halogenated alkanes) is 1. The number of carboxylic acid groups (broad SMARTS) is 2. The molecule has 0 bridgehead atoms. The Morgan fingerprint density at radius 3 is 1.95 bits per heavy atom. The number of halogens is 3. The van der Waals surface area contributed by atoms with Crippen molar-refractivity contribution in [3.05, 3.63) is 125 Å². The number of carboxylic acids is 2. The summed E-state index contributed by atoms with van der Waals surface area (Å²) in [6, 6.07) is 27.1. The molecule has 0 unspecified atom stereocenters. The van der Waals surface area contributed by atoms with Crippen LogP contribution in [0.3, 0.4) is 0 Å². The zero-order valence-corrected chi connectivity index (χ0v) is 24.1.